The van der Waals surface area contributed by atoms with E-state index in [-0.39, 0.29) is 5.78 Å². The minimum Gasteiger partial charge on any atom is -0.346 e. The fourth-order valence-electron chi connectivity index (χ4n) is 1.97. The molecule has 0 saturated carbocycles. The Balaban J connectivity index is 2.61. The second kappa shape index (κ2) is 4.88. The number of Topliss-reactive ketones (excluding diaryl/α,β-unsaturated/α-hetero) is 1. The number of fused-ring (bicyclic) bond motifs is 1. The molecule has 0 spiro atoms. The lowest BCUT2D eigenvalue weighted by molar-refractivity contribution is 0.101. The van der Waals surface area contributed by atoms with Gasteiger partial charge in [-0.05, 0) is 31.5 Å². The van der Waals surface area contributed by atoms with Gasteiger partial charge >= 0.3 is 0 Å². The Labute approximate surface area is 109 Å². The Morgan fingerprint density at radius 1 is 1.53 bits per heavy atom. The van der Waals surface area contributed by atoms with Crippen molar-refractivity contribution in [3.05, 3.63) is 47.1 Å². The standard InChI is InChI=1S/C14H14BrNO/c1-3-4-7-16-9-13(10(2)17)12-8-11(15)5-6-14(12)16/h3,5-6,8-9H,1,4,7H2,2H3. The third-order valence-electron chi connectivity index (χ3n) is 2.80. The van der Waals surface area contributed by atoms with Crippen LogP contribution in [0.1, 0.15) is 23.7 Å². The second-order valence-electron chi connectivity index (χ2n) is 4.03. The van der Waals surface area contributed by atoms with Crippen LogP contribution in [-0.4, -0.2) is 10.4 Å². The average molecular weight is 292 g/mol. The van der Waals surface area contributed by atoms with Gasteiger partial charge in [-0.25, -0.2) is 0 Å². The van der Waals surface area contributed by atoms with Gasteiger partial charge < -0.3 is 4.57 Å². The van der Waals surface area contributed by atoms with Gasteiger partial charge in [-0.2, -0.15) is 0 Å². The van der Waals surface area contributed by atoms with Crippen LogP contribution in [0.5, 0.6) is 0 Å². The number of hydrogen-bond acceptors (Lipinski definition) is 1. The van der Waals surface area contributed by atoms with E-state index < -0.39 is 0 Å². The molecule has 0 amide bonds. The van der Waals surface area contributed by atoms with Gasteiger partial charge in [-0.15, -0.1) is 6.58 Å². The minimum atomic E-state index is 0.102. The Hall–Kier alpha value is -1.35. The predicted octanol–water partition coefficient (Wildman–Crippen LogP) is 4.18. The Morgan fingerprint density at radius 3 is 2.94 bits per heavy atom. The number of hydrogen-bond donors (Lipinski definition) is 0. The molecule has 2 rings (SSSR count). The van der Waals surface area contributed by atoms with Crippen LogP contribution in [-0.2, 0) is 6.54 Å². The fraction of sp³-hybridized carbons (Fsp3) is 0.214. The highest BCUT2D eigenvalue weighted by atomic mass is 79.9. The number of halogens is 1. The number of rotatable bonds is 4. The van der Waals surface area contributed by atoms with Crippen molar-refractivity contribution in [2.45, 2.75) is 19.9 Å². The van der Waals surface area contributed by atoms with E-state index >= 15 is 0 Å². The first kappa shape index (κ1) is 12.1. The van der Waals surface area contributed by atoms with Crippen molar-refractivity contribution in [2.75, 3.05) is 0 Å². The lowest BCUT2D eigenvalue weighted by atomic mass is 10.1. The average Bonchev–Trinajstić information content (AvgIpc) is 2.64. The summed E-state index contributed by atoms with van der Waals surface area (Å²) in [5, 5.41) is 1.01. The maximum atomic E-state index is 11.6. The summed E-state index contributed by atoms with van der Waals surface area (Å²) < 4.78 is 3.11. The maximum absolute atomic E-state index is 11.6. The molecule has 1 aromatic heterocycles. The summed E-state index contributed by atoms with van der Waals surface area (Å²) in [6.45, 7) is 6.18. The van der Waals surface area contributed by atoms with E-state index in [2.05, 4.69) is 27.1 Å². The molecule has 0 aliphatic rings. The van der Waals surface area contributed by atoms with E-state index in [9.17, 15) is 4.79 Å². The fourth-order valence-corrected chi connectivity index (χ4v) is 2.33. The van der Waals surface area contributed by atoms with Crippen molar-refractivity contribution >= 4 is 32.6 Å². The monoisotopic (exact) mass is 291 g/mol. The number of allylic oxidation sites excluding steroid dienone is 1. The van der Waals surface area contributed by atoms with Crippen molar-refractivity contribution in [1.29, 1.82) is 0 Å². The highest BCUT2D eigenvalue weighted by Crippen LogP contribution is 2.25. The van der Waals surface area contributed by atoms with Crippen LogP contribution in [0.2, 0.25) is 0 Å². The zero-order valence-corrected chi connectivity index (χ0v) is 11.3. The van der Waals surface area contributed by atoms with Gasteiger partial charge in [0, 0.05) is 33.7 Å². The smallest absolute Gasteiger partial charge is 0.161 e. The van der Waals surface area contributed by atoms with Gasteiger partial charge in [0.1, 0.15) is 0 Å². The summed E-state index contributed by atoms with van der Waals surface area (Å²) in [6, 6.07) is 6.03. The first-order chi connectivity index (χ1) is 8.13. The van der Waals surface area contributed by atoms with Crippen LogP contribution < -0.4 is 0 Å². The molecule has 0 saturated heterocycles. The molecule has 0 N–H and O–H groups in total. The van der Waals surface area contributed by atoms with Crippen molar-refractivity contribution < 1.29 is 4.79 Å². The number of ketones is 1. The molecule has 2 nitrogen and oxygen atoms in total. The number of aromatic nitrogens is 1. The molecular weight excluding hydrogens is 278 g/mol. The van der Waals surface area contributed by atoms with Crippen LogP contribution in [0.4, 0.5) is 0 Å². The van der Waals surface area contributed by atoms with E-state index in [4.69, 9.17) is 0 Å². The van der Waals surface area contributed by atoms with Crippen LogP contribution in [0, 0.1) is 0 Å². The molecule has 1 aromatic carbocycles. The van der Waals surface area contributed by atoms with E-state index in [1.807, 2.05) is 30.5 Å². The van der Waals surface area contributed by atoms with Crippen LogP contribution >= 0.6 is 15.9 Å². The van der Waals surface area contributed by atoms with Gasteiger partial charge in [0.05, 0.1) is 0 Å². The number of nitrogens with zero attached hydrogens (tertiary/aromatic N) is 1. The summed E-state index contributed by atoms with van der Waals surface area (Å²) in [5.41, 5.74) is 1.88. The van der Waals surface area contributed by atoms with E-state index in [1.165, 1.54) is 0 Å². The van der Waals surface area contributed by atoms with Gasteiger partial charge in [0.15, 0.2) is 5.78 Å². The summed E-state index contributed by atoms with van der Waals surface area (Å²) in [5.74, 6) is 0.102. The molecular formula is C14H14BrNO. The summed E-state index contributed by atoms with van der Waals surface area (Å²) >= 11 is 3.44. The molecule has 1 heterocycles. The van der Waals surface area contributed by atoms with E-state index in [0.717, 1.165) is 33.9 Å². The first-order valence-corrected chi connectivity index (χ1v) is 6.33. The second-order valence-corrected chi connectivity index (χ2v) is 4.95. The molecule has 0 aliphatic carbocycles. The molecule has 0 unspecified atom stereocenters. The number of aryl methyl sites for hydroxylation is 1. The van der Waals surface area contributed by atoms with Crippen molar-refractivity contribution in [3.63, 3.8) is 0 Å². The molecule has 0 bridgehead atoms. The van der Waals surface area contributed by atoms with Crippen LogP contribution in [0.25, 0.3) is 10.9 Å². The zero-order chi connectivity index (χ0) is 12.4. The van der Waals surface area contributed by atoms with Gasteiger partial charge in [0.25, 0.3) is 0 Å². The molecule has 88 valence electrons. The van der Waals surface area contributed by atoms with Crippen LogP contribution in [0.15, 0.2) is 41.5 Å². The highest BCUT2D eigenvalue weighted by molar-refractivity contribution is 9.10. The largest absolute Gasteiger partial charge is 0.346 e. The van der Waals surface area contributed by atoms with Crippen LogP contribution in [0.3, 0.4) is 0 Å². The number of carbonyl (C=O) groups excluding carboxylic acids is 1. The molecule has 0 atom stereocenters. The van der Waals surface area contributed by atoms with Gasteiger partial charge in [-0.3, -0.25) is 4.79 Å². The van der Waals surface area contributed by atoms with E-state index in [0.29, 0.717) is 0 Å². The molecule has 0 aliphatic heterocycles. The van der Waals surface area contributed by atoms with Crippen molar-refractivity contribution in [2.24, 2.45) is 0 Å². The van der Waals surface area contributed by atoms with E-state index in [1.54, 1.807) is 6.92 Å². The number of benzene rings is 1. The molecule has 0 fully saturated rings. The summed E-state index contributed by atoms with van der Waals surface area (Å²) in [6.07, 6.45) is 4.72. The van der Waals surface area contributed by atoms with Crippen molar-refractivity contribution in [1.82, 2.24) is 4.57 Å². The quantitative estimate of drug-likeness (QED) is 0.612. The van der Waals surface area contributed by atoms with Gasteiger partial charge in [0.2, 0.25) is 0 Å². The van der Waals surface area contributed by atoms with Gasteiger partial charge in [-0.1, -0.05) is 22.0 Å². The zero-order valence-electron chi connectivity index (χ0n) is 9.74. The third kappa shape index (κ3) is 2.34. The summed E-state index contributed by atoms with van der Waals surface area (Å²) in [7, 11) is 0. The normalized spacial score (nSPS) is 10.7. The molecule has 0 radical (unpaired) electrons. The SMILES string of the molecule is C=CCCn1cc(C(C)=O)c2cc(Br)ccc21. The third-order valence-corrected chi connectivity index (χ3v) is 3.29. The molecule has 17 heavy (non-hydrogen) atoms. The Morgan fingerprint density at radius 2 is 2.29 bits per heavy atom. The molecule has 2 aromatic rings. The highest BCUT2D eigenvalue weighted by Gasteiger charge is 2.11. The number of carbonyl (C=O) groups is 1. The first-order valence-electron chi connectivity index (χ1n) is 5.53. The summed E-state index contributed by atoms with van der Waals surface area (Å²) in [4.78, 5) is 11.6. The maximum Gasteiger partial charge on any atom is 0.161 e. The Bertz CT molecular complexity index is 583. The van der Waals surface area contributed by atoms with Crippen molar-refractivity contribution in [3.8, 4) is 0 Å². The Kier molecular flexibility index (Phi) is 3.48. The predicted molar refractivity (Wildman–Crippen MR) is 74.5 cm³/mol. The minimum absolute atomic E-state index is 0.102. The molecule has 3 heteroatoms. The lowest BCUT2D eigenvalue weighted by Crippen LogP contribution is -1.94. The topological polar surface area (TPSA) is 22.0 Å². The lowest BCUT2D eigenvalue weighted by Gasteiger charge is -2.02.